The summed E-state index contributed by atoms with van der Waals surface area (Å²) in [6.45, 7) is 6.95. The minimum Gasteiger partial charge on any atom is -0.494 e. The van der Waals surface area contributed by atoms with Gasteiger partial charge in [0.2, 0.25) is 5.91 Å². The van der Waals surface area contributed by atoms with Crippen LogP contribution < -0.4 is 4.74 Å². The quantitative estimate of drug-likeness (QED) is 0.716. The Labute approximate surface area is 165 Å². The van der Waals surface area contributed by atoms with Gasteiger partial charge in [0.25, 0.3) is 0 Å². The molecule has 1 aromatic heterocycles. The lowest BCUT2D eigenvalue weighted by Gasteiger charge is -2.34. The average Bonchev–Trinajstić information content (AvgIpc) is 3.13. The smallest absolute Gasteiger partial charge is 0.227 e. The summed E-state index contributed by atoms with van der Waals surface area (Å²) in [4.78, 5) is 20.4. The molecule has 0 unspecified atom stereocenters. The first-order chi connectivity index (χ1) is 13.7. The Bertz CT molecular complexity index is 924. The molecule has 2 heterocycles. The molecule has 1 N–H and O–H groups in total. The van der Waals surface area contributed by atoms with Crippen molar-refractivity contribution >= 4 is 16.8 Å². The van der Waals surface area contributed by atoms with E-state index in [1.807, 2.05) is 36.1 Å². The Morgan fingerprint density at radius 1 is 1.04 bits per heavy atom. The van der Waals surface area contributed by atoms with Gasteiger partial charge in [0, 0.05) is 49.8 Å². The second kappa shape index (κ2) is 8.48. The van der Waals surface area contributed by atoms with Gasteiger partial charge in [-0.1, -0.05) is 30.3 Å². The molecule has 5 heteroatoms. The number of para-hydroxylation sites is 1. The summed E-state index contributed by atoms with van der Waals surface area (Å²) in [7, 11) is 0. The second-order valence-electron chi connectivity index (χ2n) is 7.27. The van der Waals surface area contributed by atoms with E-state index < -0.39 is 0 Å². The summed E-state index contributed by atoms with van der Waals surface area (Å²) in [6.07, 6.45) is 2.56. The Morgan fingerprint density at radius 2 is 1.79 bits per heavy atom. The van der Waals surface area contributed by atoms with Gasteiger partial charge in [-0.2, -0.15) is 0 Å². The molecule has 1 aliphatic rings. The molecule has 4 rings (SSSR count). The zero-order valence-electron chi connectivity index (χ0n) is 16.4. The number of carbonyl (C=O) groups is 1. The molecular formula is C23H27N3O2. The van der Waals surface area contributed by atoms with Crippen molar-refractivity contribution in [3.8, 4) is 5.75 Å². The summed E-state index contributed by atoms with van der Waals surface area (Å²) in [5, 5.41) is 1.29. The molecule has 0 saturated carbocycles. The van der Waals surface area contributed by atoms with E-state index in [0.29, 0.717) is 13.0 Å². The highest BCUT2D eigenvalue weighted by molar-refractivity contribution is 5.83. The SMILES string of the molecule is CCOc1ccc(CC(=O)N2CCN(Cc3c[nH]c4ccccc34)CC2)cc1. The number of hydrogen-bond acceptors (Lipinski definition) is 3. The van der Waals surface area contributed by atoms with Gasteiger partial charge in [0.05, 0.1) is 13.0 Å². The Hall–Kier alpha value is -2.79. The van der Waals surface area contributed by atoms with Crippen LogP contribution >= 0.6 is 0 Å². The standard InChI is InChI=1S/C23H27N3O2/c1-2-28-20-9-7-18(8-10-20)15-23(27)26-13-11-25(12-14-26)17-19-16-24-22-6-4-3-5-21(19)22/h3-10,16,24H,2,11-15,17H2,1H3. The molecule has 1 aliphatic heterocycles. The number of aromatic amines is 1. The summed E-state index contributed by atoms with van der Waals surface area (Å²) in [6, 6.07) is 16.2. The van der Waals surface area contributed by atoms with Gasteiger partial charge in [-0.3, -0.25) is 9.69 Å². The Balaban J connectivity index is 1.29. The Kier molecular flexibility index (Phi) is 5.63. The topological polar surface area (TPSA) is 48.6 Å². The first kappa shape index (κ1) is 18.6. The number of H-pyrrole nitrogens is 1. The van der Waals surface area contributed by atoms with E-state index in [1.165, 1.54) is 16.5 Å². The fourth-order valence-corrected chi connectivity index (χ4v) is 3.82. The van der Waals surface area contributed by atoms with E-state index in [0.717, 1.165) is 44.0 Å². The predicted octanol–water partition coefficient (Wildman–Crippen LogP) is 3.45. The van der Waals surface area contributed by atoms with Crippen molar-refractivity contribution in [1.82, 2.24) is 14.8 Å². The van der Waals surface area contributed by atoms with Crippen LogP contribution in [0.5, 0.6) is 5.75 Å². The monoisotopic (exact) mass is 377 g/mol. The van der Waals surface area contributed by atoms with Crippen molar-refractivity contribution in [1.29, 1.82) is 0 Å². The third-order valence-corrected chi connectivity index (χ3v) is 5.38. The highest BCUT2D eigenvalue weighted by atomic mass is 16.5. The molecule has 0 aliphatic carbocycles. The Morgan fingerprint density at radius 3 is 2.54 bits per heavy atom. The summed E-state index contributed by atoms with van der Waals surface area (Å²) in [5.41, 5.74) is 3.54. The molecule has 28 heavy (non-hydrogen) atoms. The van der Waals surface area contributed by atoms with Gasteiger partial charge < -0.3 is 14.6 Å². The first-order valence-electron chi connectivity index (χ1n) is 10.00. The van der Waals surface area contributed by atoms with Crippen molar-refractivity contribution in [2.45, 2.75) is 19.9 Å². The molecule has 0 radical (unpaired) electrons. The number of benzene rings is 2. The normalized spacial score (nSPS) is 15.1. The summed E-state index contributed by atoms with van der Waals surface area (Å²) >= 11 is 0. The van der Waals surface area contributed by atoms with Crippen LogP contribution in [0.1, 0.15) is 18.1 Å². The summed E-state index contributed by atoms with van der Waals surface area (Å²) in [5.74, 6) is 1.06. The number of hydrogen-bond donors (Lipinski definition) is 1. The predicted molar refractivity (Wildman–Crippen MR) is 111 cm³/mol. The van der Waals surface area contributed by atoms with Gasteiger partial charge in [-0.05, 0) is 36.2 Å². The van der Waals surface area contributed by atoms with Crippen LogP contribution in [-0.4, -0.2) is 53.5 Å². The molecule has 5 nitrogen and oxygen atoms in total. The third kappa shape index (κ3) is 4.20. The fraction of sp³-hybridized carbons (Fsp3) is 0.348. The zero-order chi connectivity index (χ0) is 19.3. The van der Waals surface area contributed by atoms with E-state index in [-0.39, 0.29) is 5.91 Å². The van der Waals surface area contributed by atoms with Crippen LogP contribution in [0.4, 0.5) is 0 Å². The number of nitrogens with zero attached hydrogens (tertiary/aromatic N) is 2. The number of carbonyl (C=O) groups excluding carboxylic acids is 1. The van der Waals surface area contributed by atoms with Crippen LogP contribution in [-0.2, 0) is 17.8 Å². The molecule has 1 saturated heterocycles. The van der Waals surface area contributed by atoms with E-state index >= 15 is 0 Å². The average molecular weight is 377 g/mol. The lowest BCUT2D eigenvalue weighted by atomic mass is 10.1. The lowest BCUT2D eigenvalue weighted by molar-refractivity contribution is -0.132. The maximum Gasteiger partial charge on any atom is 0.227 e. The minimum absolute atomic E-state index is 0.205. The number of amides is 1. The highest BCUT2D eigenvalue weighted by Crippen LogP contribution is 2.20. The van der Waals surface area contributed by atoms with E-state index in [9.17, 15) is 4.79 Å². The van der Waals surface area contributed by atoms with Gasteiger partial charge >= 0.3 is 0 Å². The molecule has 146 valence electrons. The van der Waals surface area contributed by atoms with Crippen molar-refractivity contribution in [3.63, 3.8) is 0 Å². The van der Waals surface area contributed by atoms with Gasteiger partial charge in [-0.15, -0.1) is 0 Å². The lowest BCUT2D eigenvalue weighted by Crippen LogP contribution is -2.48. The van der Waals surface area contributed by atoms with Crippen LogP contribution in [0.15, 0.2) is 54.7 Å². The van der Waals surface area contributed by atoms with Crippen molar-refractivity contribution in [2.75, 3.05) is 32.8 Å². The minimum atomic E-state index is 0.205. The van der Waals surface area contributed by atoms with Crippen LogP contribution in [0.25, 0.3) is 10.9 Å². The fourth-order valence-electron chi connectivity index (χ4n) is 3.82. The van der Waals surface area contributed by atoms with Crippen molar-refractivity contribution in [3.05, 3.63) is 65.9 Å². The summed E-state index contributed by atoms with van der Waals surface area (Å²) < 4.78 is 5.46. The largest absolute Gasteiger partial charge is 0.494 e. The molecule has 1 amide bonds. The van der Waals surface area contributed by atoms with Crippen LogP contribution in [0.3, 0.4) is 0 Å². The van der Waals surface area contributed by atoms with E-state index in [1.54, 1.807) is 0 Å². The molecule has 2 aromatic carbocycles. The molecule has 0 atom stereocenters. The maximum atomic E-state index is 12.6. The highest BCUT2D eigenvalue weighted by Gasteiger charge is 2.21. The van der Waals surface area contributed by atoms with E-state index in [2.05, 4.69) is 40.3 Å². The molecule has 0 spiro atoms. The first-order valence-corrected chi connectivity index (χ1v) is 10.00. The van der Waals surface area contributed by atoms with Gasteiger partial charge in [0.15, 0.2) is 0 Å². The maximum absolute atomic E-state index is 12.6. The number of rotatable bonds is 6. The van der Waals surface area contributed by atoms with Gasteiger partial charge in [-0.25, -0.2) is 0 Å². The zero-order valence-corrected chi connectivity index (χ0v) is 16.4. The number of ether oxygens (including phenoxy) is 1. The molecule has 3 aromatic rings. The van der Waals surface area contributed by atoms with Gasteiger partial charge in [0.1, 0.15) is 5.75 Å². The molecule has 0 bridgehead atoms. The molecular weight excluding hydrogens is 350 g/mol. The number of piperazine rings is 1. The van der Waals surface area contributed by atoms with E-state index in [4.69, 9.17) is 4.74 Å². The number of nitrogens with one attached hydrogen (secondary N) is 1. The van der Waals surface area contributed by atoms with Crippen molar-refractivity contribution < 1.29 is 9.53 Å². The number of fused-ring (bicyclic) bond motifs is 1. The third-order valence-electron chi connectivity index (χ3n) is 5.38. The second-order valence-corrected chi connectivity index (χ2v) is 7.27. The number of aromatic nitrogens is 1. The van der Waals surface area contributed by atoms with Crippen LogP contribution in [0, 0.1) is 0 Å². The van der Waals surface area contributed by atoms with Crippen molar-refractivity contribution in [2.24, 2.45) is 0 Å². The van der Waals surface area contributed by atoms with Crippen LogP contribution in [0.2, 0.25) is 0 Å². The molecule has 1 fully saturated rings.